The largest absolute Gasteiger partial charge is 0.350 e. The van der Waals surface area contributed by atoms with E-state index in [-0.39, 0.29) is 5.54 Å². The Hall–Kier alpha value is -1.54. The number of aromatic nitrogens is 1. The van der Waals surface area contributed by atoms with Gasteiger partial charge in [-0.25, -0.2) is 0 Å². The quantitative estimate of drug-likeness (QED) is 0.887. The van der Waals surface area contributed by atoms with Crippen molar-refractivity contribution in [2.24, 2.45) is 0 Å². The zero-order chi connectivity index (χ0) is 14.8. The van der Waals surface area contributed by atoms with E-state index in [0.717, 1.165) is 13.1 Å². The first-order valence-electron chi connectivity index (χ1n) is 7.30. The Kier molecular flexibility index (Phi) is 4.34. The standard InChI is InChI=1S/C18H26N2/c1-14-7-6-8-15(2)17(14)13-20-10-9-16(12-20)11-19-18(3,4)5/h6-10,12,19H,11,13H2,1-5H3. The van der Waals surface area contributed by atoms with Crippen LogP contribution in [0.2, 0.25) is 0 Å². The number of benzene rings is 1. The van der Waals surface area contributed by atoms with E-state index < -0.39 is 0 Å². The second-order valence-corrected chi connectivity index (χ2v) is 6.67. The van der Waals surface area contributed by atoms with Crippen LogP contribution in [0, 0.1) is 13.8 Å². The summed E-state index contributed by atoms with van der Waals surface area (Å²) in [4.78, 5) is 0. The van der Waals surface area contributed by atoms with Crippen molar-refractivity contribution in [3.8, 4) is 0 Å². The maximum Gasteiger partial charge on any atom is 0.0475 e. The molecular formula is C18H26N2. The van der Waals surface area contributed by atoms with Gasteiger partial charge in [-0.1, -0.05) is 18.2 Å². The van der Waals surface area contributed by atoms with Gasteiger partial charge in [0, 0.05) is 31.0 Å². The van der Waals surface area contributed by atoms with Crippen molar-refractivity contribution in [1.29, 1.82) is 0 Å². The molecule has 0 saturated carbocycles. The summed E-state index contributed by atoms with van der Waals surface area (Å²) in [6.07, 6.45) is 4.41. The van der Waals surface area contributed by atoms with Crippen molar-refractivity contribution in [2.45, 2.75) is 53.2 Å². The molecule has 2 heteroatoms. The summed E-state index contributed by atoms with van der Waals surface area (Å²) in [5, 5.41) is 3.52. The maximum absolute atomic E-state index is 3.52. The van der Waals surface area contributed by atoms with Crippen LogP contribution in [0.15, 0.2) is 36.7 Å². The fourth-order valence-corrected chi connectivity index (χ4v) is 2.34. The number of nitrogens with one attached hydrogen (secondary N) is 1. The van der Waals surface area contributed by atoms with Crippen LogP contribution in [0.4, 0.5) is 0 Å². The molecule has 0 aliphatic heterocycles. The molecule has 20 heavy (non-hydrogen) atoms. The Morgan fingerprint density at radius 2 is 1.70 bits per heavy atom. The van der Waals surface area contributed by atoms with Gasteiger partial charge in [0.1, 0.15) is 0 Å². The monoisotopic (exact) mass is 270 g/mol. The molecule has 0 atom stereocenters. The molecule has 1 N–H and O–H groups in total. The molecular weight excluding hydrogens is 244 g/mol. The first-order valence-corrected chi connectivity index (χ1v) is 7.30. The zero-order valence-corrected chi connectivity index (χ0v) is 13.3. The highest BCUT2D eigenvalue weighted by molar-refractivity contribution is 5.33. The highest BCUT2D eigenvalue weighted by Gasteiger charge is 2.09. The lowest BCUT2D eigenvalue weighted by atomic mass is 10.0. The van der Waals surface area contributed by atoms with Crippen molar-refractivity contribution in [3.63, 3.8) is 0 Å². The van der Waals surface area contributed by atoms with Gasteiger partial charge in [-0.2, -0.15) is 0 Å². The van der Waals surface area contributed by atoms with Crippen molar-refractivity contribution in [3.05, 3.63) is 58.9 Å². The second kappa shape index (κ2) is 5.84. The molecule has 0 radical (unpaired) electrons. The number of hydrogen-bond donors (Lipinski definition) is 1. The summed E-state index contributed by atoms with van der Waals surface area (Å²) >= 11 is 0. The minimum atomic E-state index is 0.161. The smallest absolute Gasteiger partial charge is 0.0475 e. The Morgan fingerprint density at radius 3 is 2.30 bits per heavy atom. The number of nitrogens with zero attached hydrogens (tertiary/aromatic N) is 1. The van der Waals surface area contributed by atoms with Crippen LogP contribution in [0.5, 0.6) is 0 Å². The summed E-state index contributed by atoms with van der Waals surface area (Å²) in [5.74, 6) is 0. The van der Waals surface area contributed by atoms with Crippen LogP contribution in [0.3, 0.4) is 0 Å². The van der Waals surface area contributed by atoms with Gasteiger partial charge in [-0.15, -0.1) is 0 Å². The molecule has 1 aromatic carbocycles. The third-order valence-corrected chi connectivity index (χ3v) is 3.62. The zero-order valence-electron chi connectivity index (χ0n) is 13.3. The molecule has 0 saturated heterocycles. The highest BCUT2D eigenvalue weighted by atomic mass is 15.0. The molecule has 0 fully saturated rings. The fourth-order valence-electron chi connectivity index (χ4n) is 2.34. The average Bonchev–Trinajstić information content (AvgIpc) is 2.79. The van der Waals surface area contributed by atoms with E-state index in [1.807, 2.05) is 0 Å². The van der Waals surface area contributed by atoms with Gasteiger partial charge in [0.2, 0.25) is 0 Å². The molecule has 2 aromatic rings. The SMILES string of the molecule is Cc1cccc(C)c1Cn1ccc(CNC(C)(C)C)c1. The summed E-state index contributed by atoms with van der Waals surface area (Å²) in [5.41, 5.74) is 5.67. The second-order valence-electron chi connectivity index (χ2n) is 6.67. The highest BCUT2D eigenvalue weighted by Crippen LogP contribution is 2.15. The van der Waals surface area contributed by atoms with Crippen molar-refractivity contribution in [2.75, 3.05) is 0 Å². The van der Waals surface area contributed by atoms with Gasteiger partial charge in [-0.05, 0) is 62.9 Å². The summed E-state index contributed by atoms with van der Waals surface area (Å²) in [7, 11) is 0. The maximum atomic E-state index is 3.52. The van der Waals surface area contributed by atoms with Gasteiger partial charge in [0.15, 0.2) is 0 Å². The van der Waals surface area contributed by atoms with Gasteiger partial charge in [0.05, 0.1) is 0 Å². The summed E-state index contributed by atoms with van der Waals surface area (Å²) < 4.78 is 2.27. The van der Waals surface area contributed by atoms with Crippen LogP contribution in [0.1, 0.15) is 43.0 Å². The number of rotatable bonds is 4. The topological polar surface area (TPSA) is 17.0 Å². The van der Waals surface area contributed by atoms with E-state index in [1.54, 1.807) is 0 Å². The molecule has 1 heterocycles. The molecule has 0 aliphatic carbocycles. The lowest BCUT2D eigenvalue weighted by Crippen LogP contribution is -2.34. The lowest BCUT2D eigenvalue weighted by molar-refractivity contribution is 0.424. The molecule has 2 nitrogen and oxygen atoms in total. The lowest BCUT2D eigenvalue weighted by Gasteiger charge is -2.19. The summed E-state index contributed by atoms with van der Waals surface area (Å²) in [6.45, 7) is 12.8. The van der Waals surface area contributed by atoms with Crippen molar-refractivity contribution < 1.29 is 0 Å². The van der Waals surface area contributed by atoms with Crippen LogP contribution < -0.4 is 5.32 Å². The predicted molar refractivity (Wildman–Crippen MR) is 86.0 cm³/mol. The number of aryl methyl sites for hydroxylation is 2. The van der Waals surface area contributed by atoms with E-state index in [0.29, 0.717) is 0 Å². The molecule has 0 spiro atoms. The molecule has 1 aromatic heterocycles. The fraction of sp³-hybridized carbons (Fsp3) is 0.444. The van der Waals surface area contributed by atoms with Crippen LogP contribution in [-0.4, -0.2) is 10.1 Å². The molecule has 0 amide bonds. The minimum absolute atomic E-state index is 0.161. The average molecular weight is 270 g/mol. The molecule has 0 aliphatic rings. The Morgan fingerprint density at radius 1 is 1.05 bits per heavy atom. The Balaban J connectivity index is 2.06. The third-order valence-electron chi connectivity index (χ3n) is 3.62. The normalized spacial score (nSPS) is 11.8. The van der Waals surface area contributed by atoms with E-state index >= 15 is 0 Å². The van der Waals surface area contributed by atoms with E-state index in [1.165, 1.54) is 22.3 Å². The first kappa shape index (κ1) is 14.9. The molecule has 2 rings (SSSR count). The van der Waals surface area contributed by atoms with Gasteiger partial charge in [0.25, 0.3) is 0 Å². The molecule has 0 bridgehead atoms. The van der Waals surface area contributed by atoms with E-state index in [2.05, 4.69) is 81.2 Å². The first-order chi connectivity index (χ1) is 9.35. The molecule has 0 unspecified atom stereocenters. The van der Waals surface area contributed by atoms with Gasteiger partial charge in [-0.3, -0.25) is 0 Å². The van der Waals surface area contributed by atoms with Crippen molar-refractivity contribution in [1.82, 2.24) is 9.88 Å². The van der Waals surface area contributed by atoms with Crippen LogP contribution in [-0.2, 0) is 13.1 Å². The minimum Gasteiger partial charge on any atom is -0.350 e. The third kappa shape index (κ3) is 3.97. The number of hydrogen-bond acceptors (Lipinski definition) is 1. The van der Waals surface area contributed by atoms with E-state index in [9.17, 15) is 0 Å². The predicted octanol–water partition coefficient (Wildman–Crippen LogP) is 4.04. The van der Waals surface area contributed by atoms with Crippen LogP contribution in [0.25, 0.3) is 0 Å². The molecule has 108 valence electrons. The Labute approximate surface area is 122 Å². The Bertz CT molecular complexity index is 553. The van der Waals surface area contributed by atoms with E-state index in [4.69, 9.17) is 0 Å². The summed E-state index contributed by atoms with van der Waals surface area (Å²) in [6, 6.07) is 8.71. The van der Waals surface area contributed by atoms with Gasteiger partial charge >= 0.3 is 0 Å². The van der Waals surface area contributed by atoms with Crippen molar-refractivity contribution >= 4 is 0 Å². The van der Waals surface area contributed by atoms with Crippen LogP contribution >= 0.6 is 0 Å². The van der Waals surface area contributed by atoms with Gasteiger partial charge < -0.3 is 9.88 Å².